The van der Waals surface area contributed by atoms with Crippen LogP contribution in [0.2, 0.25) is 0 Å². The minimum Gasteiger partial charge on any atom is -0.377 e. The van der Waals surface area contributed by atoms with Crippen LogP contribution in [0.1, 0.15) is 31.2 Å². The van der Waals surface area contributed by atoms with Crippen molar-refractivity contribution >= 4 is 5.91 Å². The Morgan fingerprint density at radius 3 is 2.68 bits per heavy atom. The molecule has 0 radical (unpaired) electrons. The van der Waals surface area contributed by atoms with Crippen LogP contribution in [0.4, 0.5) is 0 Å². The van der Waals surface area contributed by atoms with Crippen molar-refractivity contribution in [1.29, 1.82) is 0 Å². The lowest BCUT2D eigenvalue weighted by molar-refractivity contribution is -0.123. The van der Waals surface area contributed by atoms with E-state index in [1.807, 2.05) is 18.2 Å². The number of ether oxygens (including phenoxy) is 1. The second-order valence-corrected chi connectivity index (χ2v) is 5.16. The van der Waals surface area contributed by atoms with E-state index < -0.39 is 5.54 Å². The molecule has 2 rings (SSSR count). The van der Waals surface area contributed by atoms with Crippen molar-refractivity contribution in [2.24, 2.45) is 5.73 Å². The molecule has 1 saturated carbocycles. The molecule has 1 aromatic rings. The molecule has 0 atom stereocenters. The molecule has 1 aromatic carbocycles. The number of hydrogen-bond acceptors (Lipinski definition) is 3. The first kappa shape index (κ1) is 14.0. The Bertz CT molecular complexity index is 402. The molecule has 0 spiro atoms. The Morgan fingerprint density at radius 2 is 2.00 bits per heavy atom. The van der Waals surface area contributed by atoms with Gasteiger partial charge in [0.1, 0.15) is 0 Å². The highest BCUT2D eigenvalue weighted by Crippen LogP contribution is 2.31. The topological polar surface area (TPSA) is 64.4 Å². The number of carbonyl (C=O) groups is 1. The van der Waals surface area contributed by atoms with Gasteiger partial charge in [-0.3, -0.25) is 4.79 Å². The van der Waals surface area contributed by atoms with Crippen LogP contribution >= 0.6 is 0 Å². The highest BCUT2D eigenvalue weighted by atomic mass is 16.5. The van der Waals surface area contributed by atoms with Crippen molar-refractivity contribution in [3.63, 3.8) is 0 Å². The summed E-state index contributed by atoms with van der Waals surface area (Å²) in [4.78, 5) is 11.5. The lowest BCUT2D eigenvalue weighted by Gasteiger charge is -2.09. The Kier molecular flexibility index (Phi) is 4.93. The van der Waals surface area contributed by atoms with Gasteiger partial charge in [0.05, 0.1) is 12.1 Å². The first-order valence-corrected chi connectivity index (χ1v) is 6.90. The third-order valence-electron chi connectivity index (χ3n) is 3.35. The van der Waals surface area contributed by atoms with Crippen LogP contribution < -0.4 is 11.1 Å². The number of carbonyl (C=O) groups excluding carboxylic acids is 1. The van der Waals surface area contributed by atoms with Crippen LogP contribution in [0.15, 0.2) is 30.3 Å². The van der Waals surface area contributed by atoms with E-state index in [0.717, 1.165) is 32.3 Å². The van der Waals surface area contributed by atoms with Crippen LogP contribution in [0.25, 0.3) is 0 Å². The summed E-state index contributed by atoms with van der Waals surface area (Å²) >= 11 is 0. The van der Waals surface area contributed by atoms with E-state index in [-0.39, 0.29) is 5.91 Å². The van der Waals surface area contributed by atoms with Crippen LogP contribution in [0.5, 0.6) is 0 Å². The highest BCUT2D eigenvalue weighted by Gasteiger charge is 2.45. The lowest BCUT2D eigenvalue weighted by Crippen LogP contribution is -2.43. The lowest BCUT2D eigenvalue weighted by atomic mass is 10.2. The molecule has 1 aliphatic rings. The SMILES string of the molecule is NC1(C(=O)NCCCCOCc2ccccc2)CC1. The van der Waals surface area contributed by atoms with E-state index in [1.165, 1.54) is 5.56 Å². The monoisotopic (exact) mass is 262 g/mol. The number of amides is 1. The van der Waals surface area contributed by atoms with Crippen LogP contribution in [0, 0.1) is 0 Å². The van der Waals surface area contributed by atoms with Gasteiger partial charge in [-0.05, 0) is 31.2 Å². The summed E-state index contributed by atoms with van der Waals surface area (Å²) in [5, 5.41) is 2.87. The summed E-state index contributed by atoms with van der Waals surface area (Å²) in [6, 6.07) is 10.1. The van der Waals surface area contributed by atoms with Crippen molar-refractivity contribution in [1.82, 2.24) is 5.32 Å². The van der Waals surface area contributed by atoms with Crippen LogP contribution in [-0.2, 0) is 16.1 Å². The molecule has 0 bridgehead atoms. The molecule has 0 aromatic heterocycles. The number of hydrogen-bond donors (Lipinski definition) is 2. The molecule has 104 valence electrons. The van der Waals surface area contributed by atoms with Crippen molar-refractivity contribution < 1.29 is 9.53 Å². The molecule has 0 saturated heterocycles. The quantitative estimate of drug-likeness (QED) is 0.699. The van der Waals surface area contributed by atoms with Gasteiger partial charge in [-0.25, -0.2) is 0 Å². The van der Waals surface area contributed by atoms with Crippen molar-refractivity contribution in [2.75, 3.05) is 13.2 Å². The average Bonchev–Trinajstić information content (AvgIpc) is 3.18. The summed E-state index contributed by atoms with van der Waals surface area (Å²) in [7, 11) is 0. The van der Waals surface area contributed by atoms with E-state index in [9.17, 15) is 4.79 Å². The van der Waals surface area contributed by atoms with Crippen molar-refractivity contribution in [3.8, 4) is 0 Å². The molecule has 4 nitrogen and oxygen atoms in total. The molecule has 1 amide bonds. The fraction of sp³-hybridized carbons (Fsp3) is 0.533. The number of benzene rings is 1. The summed E-state index contributed by atoms with van der Waals surface area (Å²) in [5.41, 5.74) is 6.42. The van der Waals surface area contributed by atoms with Crippen LogP contribution in [0.3, 0.4) is 0 Å². The molecule has 0 aliphatic heterocycles. The zero-order chi connectivity index (χ0) is 13.6. The molecule has 0 unspecified atom stereocenters. The summed E-state index contributed by atoms with van der Waals surface area (Å²) < 4.78 is 5.57. The number of nitrogens with two attached hydrogens (primary N) is 1. The normalized spacial score (nSPS) is 16.1. The van der Waals surface area contributed by atoms with Gasteiger partial charge in [0, 0.05) is 13.2 Å². The van der Waals surface area contributed by atoms with Gasteiger partial charge in [-0.2, -0.15) is 0 Å². The predicted octanol–water partition coefficient (Wildman–Crippen LogP) is 1.59. The summed E-state index contributed by atoms with van der Waals surface area (Å²) in [6.45, 7) is 2.06. The van der Waals surface area contributed by atoms with E-state index in [1.54, 1.807) is 0 Å². The fourth-order valence-electron chi connectivity index (χ4n) is 1.83. The third kappa shape index (κ3) is 4.65. The third-order valence-corrected chi connectivity index (χ3v) is 3.35. The number of unbranched alkanes of at least 4 members (excludes halogenated alkanes) is 1. The zero-order valence-electron chi connectivity index (χ0n) is 11.2. The smallest absolute Gasteiger partial charge is 0.240 e. The van der Waals surface area contributed by atoms with Gasteiger partial charge in [0.25, 0.3) is 0 Å². The highest BCUT2D eigenvalue weighted by molar-refractivity contribution is 5.88. The Balaban J connectivity index is 1.45. The second-order valence-electron chi connectivity index (χ2n) is 5.16. The Morgan fingerprint density at radius 1 is 1.26 bits per heavy atom. The minimum absolute atomic E-state index is 0.00213. The maximum Gasteiger partial charge on any atom is 0.240 e. The molecule has 4 heteroatoms. The largest absolute Gasteiger partial charge is 0.377 e. The van der Waals surface area contributed by atoms with Gasteiger partial charge in [0.15, 0.2) is 0 Å². The molecule has 0 heterocycles. The predicted molar refractivity (Wildman–Crippen MR) is 74.5 cm³/mol. The number of nitrogens with one attached hydrogen (secondary N) is 1. The van der Waals surface area contributed by atoms with Crippen molar-refractivity contribution in [3.05, 3.63) is 35.9 Å². The average molecular weight is 262 g/mol. The maximum atomic E-state index is 11.5. The summed E-state index contributed by atoms with van der Waals surface area (Å²) in [5.74, 6) is -0.00213. The van der Waals surface area contributed by atoms with Crippen molar-refractivity contribution in [2.45, 2.75) is 37.8 Å². The molecule has 19 heavy (non-hydrogen) atoms. The zero-order valence-corrected chi connectivity index (χ0v) is 11.2. The fourth-order valence-corrected chi connectivity index (χ4v) is 1.83. The van der Waals surface area contributed by atoms with Gasteiger partial charge < -0.3 is 15.8 Å². The first-order chi connectivity index (χ1) is 9.21. The minimum atomic E-state index is -0.552. The van der Waals surface area contributed by atoms with Gasteiger partial charge in [0.2, 0.25) is 5.91 Å². The van der Waals surface area contributed by atoms with Gasteiger partial charge in [-0.15, -0.1) is 0 Å². The van der Waals surface area contributed by atoms with E-state index in [2.05, 4.69) is 17.4 Å². The number of rotatable bonds is 8. The standard InChI is InChI=1S/C15H22N2O2/c16-15(8-9-15)14(18)17-10-4-5-11-19-12-13-6-2-1-3-7-13/h1-3,6-7H,4-5,8-12,16H2,(H,17,18). The van der Waals surface area contributed by atoms with Gasteiger partial charge in [-0.1, -0.05) is 30.3 Å². The van der Waals surface area contributed by atoms with Gasteiger partial charge >= 0.3 is 0 Å². The van der Waals surface area contributed by atoms with E-state index >= 15 is 0 Å². The molecular weight excluding hydrogens is 240 g/mol. The molecule has 3 N–H and O–H groups in total. The Hall–Kier alpha value is -1.39. The molecular formula is C15H22N2O2. The molecule has 1 fully saturated rings. The maximum absolute atomic E-state index is 11.5. The molecule has 1 aliphatic carbocycles. The Labute approximate surface area is 114 Å². The summed E-state index contributed by atoms with van der Waals surface area (Å²) in [6.07, 6.45) is 3.51. The van der Waals surface area contributed by atoms with E-state index in [4.69, 9.17) is 10.5 Å². The van der Waals surface area contributed by atoms with E-state index in [0.29, 0.717) is 13.2 Å². The first-order valence-electron chi connectivity index (χ1n) is 6.90. The second kappa shape index (κ2) is 6.68. The van der Waals surface area contributed by atoms with Crippen LogP contribution in [-0.4, -0.2) is 24.6 Å².